The molecule has 0 radical (unpaired) electrons. The monoisotopic (exact) mass is 235 g/mol. The van der Waals surface area contributed by atoms with Gasteiger partial charge in [0.2, 0.25) is 0 Å². The van der Waals surface area contributed by atoms with Crippen molar-refractivity contribution in [3.63, 3.8) is 0 Å². The number of benzene rings is 1. The van der Waals surface area contributed by atoms with E-state index in [-0.39, 0.29) is 0 Å². The first kappa shape index (κ1) is 10.8. The summed E-state index contributed by atoms with van der Waals surface area (Å²) in [6.45, 7) is 1.98. The number of aryl methyl sites for hydroxylation is 1. The van der Waals surface area contributed by atoms with Gasteiger partial charge in [-0.3, -0.25) is 0 Å². The lowest BCUT2D eigenvalue weighted by Crippen LogP contribution is -1.85. The van der Waals surface area contributed by atoms with Gasteiger partial charge in [-0.25, -0.2) is 4.79 Å². The number of carboxylic acid groups (broad SMARTS) is 1. The number of aromatic amines is 1. The van der Waals surface area contributed by atoms with Crippen molar-refractivity contribution >= 4 is 34.5 Å². The van der Waals surface area contributed by atoms with Crippen LogP contribution in [0, 0.1) is 6.92 Å². The summed E-state index contributed by atoms with van der Waals surface area (Å²) in [4.78, 5) is 13.5. The van der Waals surface area contributed by atoms with Crippen LogP contribution in [-0.4, -0.2) is 16.1 Å². The third-order valence-electron chi connectivity index (χ3n) is 2.34. The van der Waals surface area contributed by atoms with Gasteiger partial charge >= 0.3 is 5.97 Å². The number of aromatic nitrogens is 1. The highest BCUT2D eigenvalue weighted by molar-refractivity contribution is 6.32. The molecule has 1 aromatic carbocycles. The van der Waals surface area contributed by atoms with Crippen molar-refractivity contribution in [3.8, 4) is 0 Å². The molecule has 0 bridgehead atoms. The van der Waals surface area contributed by atoms with E-state index in [0.717, 1.165) is 22.5 Å². The molecule has 0 saturated heterocycles. The molecule has 0 fully saturated rings. The third kappa shape index (κ3) is 1.95. The molecule has 1 aromatic heterocycles. The van der Waals surface area contributed by atoms with Crippen molar-refractivity contribution in [1.82, 2.24) is 4.98 Å². The summed E-state index contributed by atoms with van der Waals surface area (Å²) in [7, 11) is 0. The molecule has 82 valence electrons. The highest BCUT2D eigenvalue weighted by Gasteiger charge is 2.07. The molecule has 3 nitrogen and oxygen atoms in total. The van der Waals surface area contributed by atoms with Gasteiger partial charge in [-0.05, 0) is 25.1 Å². The number of rotatable bonds is 2. The molecule has 0 spiro atoms. The van der Waals surface area contributed by atoms with Crippen molar-refractivity contribution in [1.29, 1.82) is 0 Å². The summed E-state index contributed by atoms with van der Waals surface area (Å²) in [5, 5.41) is 9.98. The maximum atomic E-state index is 10.5. The van der Waals surface area contributed by atoms with Crippen molar-refractivity contribution in [2.24, 2.45) is 0 Å². The second-order valence-corrected chi connectivity index (χ2v) is 3.95. The molecule has 0 aliphatic carbocycles. The lowest BCUT2D eigenvalue weighted by Gasteiger charge is -1.94. The second-order valence-electron chi connectivity index (χ2n) is 3.57. The Kier molecular flexibility index (Phi) is 2.71. The minimum Gasteiger partial charge on any atom is -0.478 e. The molecule has 0 unspecified atom stereocenters. The molecular weight excluding hydrogens is 226 g/mol. The first-order valence-electron chi connectivity index (χ1n) is 4.77. The van der Waals surface area contributed by atoms with E-state index in [9.17, 15) is 4.79 Å². The summed E-state index contributed by atoms with van der Waals surface area (Å²) < 4.78 is 0. The van der Waals surface area contributed by atoms with Crippen molar-refractivity contribution < 1.29 is 9.90 Å². The van der Waals surface area contributed by atoms with Gasteiger partial charge in [0.1, 0.15) is 5.15 Å². The second kappa shape index (κ2) is 4.02. The number of fused-ring (bicyclic) bond motifs is 1. The average Bonchev–Trinajstić information content (AvgIpc) is 2.51. The number of hydrogen-bond acceptors (Lipinski definition) is 1. The van der Waals surface area contributed by atoms with Crippen LogP contribution in [0.1, 0.15) is 11.1 Å². The van der Waals surface area contributed by atoms with Crippen LogP contribution in [0.4, 0.5) is 0 Å². The summed E-state index contributed by atoms with van der Waals surface area (Å²) >= 11 is 6.00. The van der Waals surface area contributed by atoms with Gasteiger partial charge in [0.05, 0.1) is 0 Å². The van der Waals surface area contributed by atoms with E-state index in [4.69, 9.17) is 16.7 Å². The summed E-state index contributed by atoms with van der Waals surface area (Å²) in [6.07, 6.45) is 2.58. The Labute approximate surface area is 97.4 Å². The van der Waals surface area contributed by atoms with E-state index < -0.39 is 5.97 Å². The maximum absolute atomic E-state index is 10.5. The first-order valence-corrected chi connectivity index (χ1v) is 5.14. The SMILES string of the molecule is Cc1ccc2[nH]c(Cl)c(/C=C/C(=O)O)c2c1. The zero-order chi connectivity index (χ0) is 11.7. The molecule has 0 atom stereocenters. The Hall–Kier alpha value is -1.74. The number of aliphatic carboxylic acids is 1. The lowest BCUT2D eigenvalue weighted by molar-refractivity contribution is -0.131. The predicted octanol–water partition coefficient (Wildman–Crippen LogP) is 3.23. The Morgan fingerprint density at radius 1 is 1.50 bits per heavy atom. The predicted molar refractivity (Wildman–Crippen MR) is 64.7 cm³/mol. The van der Waals surface area contributed by atoms with Crippen LogP contribution in [0.3, 0.4) is 0 Å². The minimum absolute atomic E-state index is 0.457. The van der Waals surface area contributed by atoms with Crippen molar-refractivity contribution in [3.05, 3.63) is 40.6 Å². The summed E-state index contributed by atoms with van der Waals surface area (Å²) in [6, 6.07) is 5.87. The van der Waals surface area contributed by atoms with Gasteiger partial charge in [0.25, 0.3) is 0 Å². The zero-order valence-corrected chi connectivity index (χ0v) is 9.38. The number of hydrogen-bond donors (Lipinski definition) is 2. The van der Waals surface area contributed by atoms with E-state index in [1.165, 1.54) is 6.08 Å². The average molecular weight is 236 g/mol. The fraction of sp³-hybridized carbons (Fsp3) is 0.0833. The highest BCUT2D eigenvalue weighted by atomic mass is 35.5. The fourth-order valence-corrected chi connectivity index (χ4v) is 1.88. The van der Waals surface area contributed by atoms with Crippen LogP contribution in [0.5, 0.6) is 0 Å². The topological polar surface area (TPSA) is 53.1 Å². The minimum atomic E-state index is -0.988. The zero-order valence-electron chi connectivity index (χ0n) is 8.62. The fourth-order valence-electron chi connectivity index (χ4n) is 1.61. The normalized spacial score (nSPS) is 11.4. The molecule has 2 N–H and O–H groups in total. The summed E-state index contributed by atoms with van der Waals surface area (Å²) in [5.41, 5.74) is 2.72. The number of carbonyl (C=O) groups is 1. The van der Waals surface area contributed by atoms with Gasteiger partial charge in [-0.15, -0.1) is 0 Å². The number of nitrogens with one attached hydrogen (secondary N) is 1. The van der Waals surface area contributed by atoms with E-state index in [0.29, 0.717) is 10.7 Å². The Morgan fingerprint density at radius 3 is 2.94 bits per heavy atom. The molecule has 2 aromatic rings. The highest BCUT2D eigenvalue weighted by Crippen LogP contribution is 2.28. The molecule has 0 saturated carbocycles. The standard InChI is InChI=1S/C12H10ClNO2/c1-7-2-4-10-9(6-7)8(12(13)14-10)3-5-11(15)16/h2-6,14H,1H3,(H,15,16)/b5-3+. The Bertz CT molecular complexity index is 584. The van der Waals surface area contributed by atoms with Crippen LogP contribution < -0.4 is 0 Å². The van der Waals surface area contributed by atoms with Gasteiger partial charge in [-0.2, -0.15) is 0 Å². The quantitative estimate of drug-likeness (QED) is 0.786. The van der Waals surface area contributed by atoms with E-state index >= 15 is 0 Å². The number of carboxylic acids is 1. The third-order valence-corrected chi connectivity index (χ3v) is 2.64. The Balaban J connectivity index is 2.62. The van der Waals surface area contributed by atoms with Gasteiger partial charge < -0.3 is 10.1 Å². The molecular formula is C12H10ClNO2. The molecule has 4 heteroatoms. The molecule has 0 aliphatic heterocycles. The van der Waals surface area contributed by atoms with Crippen molar-refractivity contribution in [2.75, 3.05) is 0 Å². The number of H-pyrrole nitrogens is 1. The molecule has 0 amide bonds. The molecule has 0 aliphatic rings. The van der Waals surface area contributed by atoms with Crippen LogP contribution >= 0.6 is 11.6 Å². The lowest BCUT2D eigenvalue weighted by atomic mass is 10.1. The van der Waals surface area contributed by atoms with Crippen LogP contribution in [0.2, 0.25) is 5.15 Å². The molecule has 16 heavy (non-hydrogen) atoms. The van der Waals surface area contributed by atoms with Gasteiger partial charge in [0, 0.05) is 22.5 Å². The summed E-state index contributed by atoms with van der Waals surface area (Å²) in [5.74, 6) is -0.988. The van der Waals surface area contributed by atoms with E-state index in [2.05, 4.69) is 4.98 Å². The van der Waals surface area contributed by atoms with Crippen LogP contribution in [0.25, 0.3) is 17.0 Å². The van der Waals surface area contributed by atoms with Crippen LogP contribution in [-0.2, 0) is 4.79 Å². The first-order chi connectivity index (χ1) is 7.58. The molecule has 1 heterocycles. The van der Waals surface area contributed by atoms with E-state index in [1.807, 2.05) is 25.1 Å². The smallest absolute Gasteiger partial charge is 0.328 e. The van der Waals surface area contributed by atoms with Gasteiger partial charge in [0.15, 0.2) is 0 Å². The van der Waals surface area contributed by atoms with Crippen LogP contribution in [0.15, 0.2) is 24.3 Å². The molecule has 2 rings (SSSR count). The Morgan fingerprint density at radius 2 is 2.25 bits per heavy atom. The largest absolute Gasteiger partial charge is 0.478 e. The number of halogens is 1. The van der Waals surface area contributed by atoms with E-state index in [1.54, 1.807) is 0 Å². The van der Waals surface area contributed by atoms with Crippen molar-refractivity contribution in [2.45, 2.75) is 6.92 Å². The maximum Gasteiger partial charge on any atom is 0.328 e. The van der Waals surface area contributed by atoms with Gasteiger partial charge in [-0.1, -0.05) is 23.2 Å².